The zero-order valence-corrected chi connectivity index (χ0v) is 17.9. The van der Waals surface area contributed by atoms with Crippen molar-refractivity contribution in [3.05, 3.63) is 65.2 Å². The molecule has 0 spiro atoms. The summed E-state index contributed by atoms with van der Waals surface area (Å²) < 4.78 is 26.8. The van der Waals surface area contributed by atoms with Crippen LogP contribution < -0.4 is 5.43 Å². The topological polar surface area (TPSA) is 78.8 Å². The number of amides is 1. The molecule has 6 nitrogen and oxygen atoms in total. The highest BCUT2D eigenvalue weighted by Gasteiger charge is 2.27. The van der Waals surface area contributed by atoms with E-state index in [2.05, 4.69) is 31.3 Å². The fourth-order valence-electron chi connectivity index (χ4n) is 3.17. The average Bonchev–Trinajstić information content (AvgIpc) is 3.23. The number of nitrogens with zero attached hydrogens (tertiary/aromatic N) is 2. The van der Waals surface area contributed by atoms with Crippen LogP contribution in [0.25, 0.3) is 0 Å². The Morgan fingerprint density at radius 2 is 1.72 bits per heavy atom. The summed E-state index contributed by atoms with van der Waals surface area (Å²) in [5.41, 5.74) is 4.87. The number of nitrogens with one attached hydrogen (secondary N) is 1. The third kappa shape index (κ3) is 5.10. The van der Waals surface area contributed by atoms with E-state index in [0.717, 1.165) is 18.4 Å². The Morgan fingerprint density at radius 1 is 1.07 bits per heavy atom. The molecule has 1 amide bonds. The van der Waals surface area contributed by atoms with Gasteiger partial charge < -0.3 is 0 Å². The molecule has 154 valence electrons. The first-order chi connectivity index (χ1) is 13.7. The van der Waals surface area contributed by atoms with E-state index in [1.54, 1.807) is 18.3 Å². The summed E-state index contributed by atoms with van der Waals surface area (Å²) in [5, 5.41) is 3.99. The molecule has 0 aromatic heterocycles. The van der Waals surface area contributed by atoms with Crippen LogP contribution in [0, 0.1) is 0 Å². The van der Waals surface area contributed by atoms with Gasteiger partial charge >= 0.3 is 0 Å². The Morgan fingerprint density at radius 3 is 2.34 bits per heavy atom. The number of benzene rings is 2. The standard InChI is InChI=1S/C22H27N3O3S/c1-22(2,3)19-11-9-17(10-12-19)16-23-24-21(26)18-7-6-8-20(15-18)29(27,28)25-13-4-5-14-25/h6-12,15-16H,4-5,13-14H2,1-3H3,(H,24,26). The predicted octanol–water partition coefficient (Wildman–Crippen LogP) is 3.53. The smallest absolute Gasteiger partial charge is 0.267 e. The first-order valence-electron chi connectivity index (χ1n) is 9.72. The van der Waals surface area contributed by atoms with Crippen LogP contribution in [-0.2, 0) is 15.4 Å². The second-order valence-corrected chi connectivity index (χ2v) is 10.1. The SMILES string of the molecule is CC(C)(C)c1ccc(C=NNC(=O)c2cccc(S(=O)(=O)N3CCCC3)c2)cc1. The molecular formula is C22H27N3O3S. The molecule has 1 aliphatic rings. The molecule has 0 radical (unpaired) electrons. The van der Waals surface area contributed by atoms with E-state index in [9.17, 15) is 13.2 Å². The number of hydrazone groups is 1. The van der Waals surface area contributed by atoms with Gasteiger partial charge in [0.05, 0.1) is 11.1 Å². The Balaban J connectivity index is 1.67. The van der Waals surface area contributed by atoms with Crippen LogP contribution in [0.15, 0.2) is 58.5 Å². The number of carbonyl (C=O) groups excluding carboxylic acids is 1. The first-order valence-corrected chi connectivity index (χ1v) is 11.2. The second-order valence-electron chi connectivity index (χ2n) is 8.21. The summed E-state index contributed by atoms with van der Waals surface area (Å²) in [5.74, 6) is -0.453. The van der Waals surface area contributed by atoms with Gasteiger partial charge in [-0.15, -0.1) is 0 Å². The fraction of sp³-hybridized carbons (Fsp3) is 0.364. The molecule has 7 heteroatoms. The van der Waals surface area contributed by atoms with Crippen LogP contribution in [0.2, 0.25) is 0 Å². The Labute approximate surface area is 172 Å². The van der Waals surface area contributed by atoms with E-state index in [1.165, 1.54) is 22.0 Å². The largest absolute Gasteiger partial charge is 0.271 e. The molecule has 1 aliphatic heterocycles. The lowest BCUT2D eigenvalue weighted by atomic mass is 9.87. The number of rotatable bonds is 5. The summed E-state index contributed by atoms with van der Waals surface area (Å²) in [6.45, 7) is 7.49. The van der Waals surface area contributed by atoms with Crippen molar-refractivity contribution in [3.8, 4) is 0 Å². The van der Waals surface area contributed by atoms with Crippen LogP contribution in [0.5, 0.6) is 0 Å². The monoisotopic (exact) mass is 413 g/mol. The van der Waals surface area contributed by atoms with Crippen molar-refractivity contribution in [1.82, 2.24) is 9.73 Å². The Hall–Kier alpha value is -2.51. The van der Waals surface area contributed by atoms with Gasteiger partial charge in [-0.3, -0.25) is 4.79 Å². The fourth-order valence-corrected chi connectivity index (χ4v) is 4.74. The van der Waals surface area contributed by atoms with Crippen LogP contribution in [0.4, 0.5) is 0 Å². The van der Waals surface area contributed by atoms with Crippen molar-refractivity contribution in [2.75, 3.05) is 13.1 Å². The van der Waals surface area contributed by atoms with E-state index < -0.39 is 15.9 Å². The lowest BCUT2D eigenvalue weighted by Crippen LogP contribution is -2.28. The van der Waals surface area contributed by atoms with E-state index in [0.29, 0.717) is 13.1 Å². The summed E-state index contributed by atoms with van der Waals surface area (Å²) >= 11 is 0. The maximum atomic E-state index is 12.7. The van der Waals surface area contributed by atoms with Gasteiger partial charge in [0.15, 0.2) is 0 Å². The highest BCUT2D eigenvalue weighted by molar-refractivity contribution is 7.89. The molecule has 0 atom stereocenters. The van der Waals surface area contributed by atoms with Gasteiger partial charge in [-0.05, 0) is 47.6 Å². The minimum absolute atomic E-state index is 0.0737. The highest BCUT2D eigenvalue weighted by Crippen LogP contribution is 2.22. The third-order valence-corrected chi connectivity index (χ3v) is 6.85. The first kappa shape index (κ1) is 21.2. The van der Waals surface area contributed by atoms with Crippen LogP contribution in [-0.4, -0.2) is 37.9 Å². The van der Waals surface area contributed by atoms with Crippen molar-refractivity contribution in [2.45, 2.75) is 43.9 Å². The van der Waals surface area contributed by atoms with E-state index in [-0.39, 0.29) is 15.9 Å². The summed E-state index contributed by atoms with van der Waals surface area (Å²) in [7, 11) is -3.56. The summed E-state index contributed by atoms with van der Waals surface area (Å²) in [6, 6.07) is 14.0. The number of hydrogen-bond donors (Lipinski definition) is 1. The molecule has 1 N–H and O–H groups in total. The molecule has 0 saturated carbocycles. The molecular weight excluding hydrogens is 386 g/mol. The summed E-state index contributed by atoms with van der Waals surface area (Å²) in [6.07, 6.45) is 3.30. The maximum Gasteiger partial charge on any atom is 0.271 e. The zero-order chi connectivity index (χ0) is 21.1. The average molecular weight is 414 g/mol. The molecule has 29 heavy (non-hydrogen) atoms. The van der Waals surface area contributed by atoms with E-state index in [1.807, 2.05) is 24.3 Å². The summed E-state index contributed by atoms with van der Waals surface area (Å²) in [4.78, 5) is 12.5. The molecule has 3 rings (SSSR count). The predicted molar refractivity (Wildman–Crippen MR) is 115 cm³/mol. The number of carbonyl (C=O) groups is 1. The van der Waals surface area contributed by atoms with Gasteiger partial charge in [-0.2, -0.15) is 9.41 Å². The molecule has 1 fully saturated rings. The molecule has 0 aliphatic carbocycles. The van der Waals surface area contributed by atoms with Crippen molar-refractivity contribution >= 4 is 22.1 Å². The van der Waals surface area contributed by atoms with Gasteiger partial charge in [0.2, 0.25) is 10.0 Å². The lowest BCUT2D eigenvalue weighted by molar-refractivity contribution is 0.0955. The lowest BCUT2D eigenvalue weighted by Gasteiger charge is -2.18. The normalized spacial score (nSPS) is 15.7. The van der Waals surface area contributed by atoms with Crippen molar-refractivity contribution < 1.29 is 13.2 Å². The quantitative estimate of drug-likeness (QED) is 0.602. The number of hydrogen-bond acceptors (Lipinski definition) is 4. The third-order valence-electron chi connectivity index (χ3n) is 4.96. The Kier molecular flexibility index (Phi) is 6.19. The second kappa shape index (κ2) is 8.47. The van der Waals surface area contributed by atoms with Gasteiger partial charge in [0.25, 0.3) is 5.91 Å². The van der Waals surface area contributed by atoms with Gasteiger partial charge in [0, 0.05) is 18.7 Å². The van der Waals surface area contributed by atoms with Crippen LogP contribution in [0.1, 0.15) is 55.1 Å². The highest BCUT2D eigenvalue weighted by atomic mass is 32.2. The van der Waals surface area contributed by atoms with Crippen molar-refractivity contribution in [3.63, 3.8) is 0 Å². The molecule has 0 unspecified atom stereocenters. The molecule has 1 saturated heterocycles. The van der Waals surface area contributed by atoms with Crippen LogP contribution in [0.3, 0.4) is 0 Å². The minimum atomic E-state index is -3.56. The molecule has 0 bridgehead atoms. The van der Waals surface area contributed by atoms with E-state index in [4.69, 9.17) is 0 Å². The van der Waals surface area contributed by atoms with Crippen LogP contribution >= 0.6 is 0 Å². The maximum absolute atomic E-state index is 12.7. The zero-order valence-electron chi connectivity index (χ0n) is 17.1. The van der Waals surface area contributed by atoms with Gasteiger partial charge in [-0.25, -0.2) is 13.8 Å². The van der Waals surface area contributed by atoms with Crippen molar-refractivity contribution in [2.24, 2.45) is 5.10 Å². The van der Waals surface area contributed by atoms with Crippen molar-refractivity contribution in [1.29, 1.82) is 0 Å². The molecule has 1 heterocycles. The van der Waals surface area contributed by atoms with Gasteiger partial charge in [-0.1, -0.05) is 51.1 Å². The molecule has 2 aromatic rings. The van der Waals surface area contributed by atoms with E-state index >= 15 is 0 Å². The minimum Gasteiger partial charge on any atom is -0.267 e. The molecule has 2 aromatic carbocycles. The Bertz CT molecular complexity index is 1000. The van der Waals surface area contributed by atoms with Gasteiger partial charge in [0.1, 0.15) is 0 Å². The number of sulfonamides is 1.